The molecule has 1 saturated carbocycles. The molecule has 1 aromatic rings. The van der Waals surface area contributed by atoms with Crippen molar-refractivity contribution >= 4 is 15.9 Å². The van der Waals surface area contributed by atoms with E-state index in [0.29, 0.717) is 0 Å². The Morgan fingerprint density at radius 2 is 1.82 bits per heavy atom. The van der Waals surface area contributed by atoms with Crippen molar-refractivity contribution in [2.45, 2.75) is 50.5 Å². The smallest absolute Gasteiger partial charge is 0.124 e. The summed E-state index contributed by atoms with van der Waals surface area (Å²) in [6.07, 6.45) is 8.03. The maximum absolute atomic E-state index is 13.0. The van der Waals surface area contributed by atoms with Crippen molar-refractivity contribution in [1.29, 1.82) is 0 Å². The van der Waals surface area contributed by atoms with Gasteiger partial charge in [0.1, 0.15) is 5.82 Å². The molecule has 0 radical (unpaired) electrons. The fourth-order valence-electron chi connectivity index (χ4n) is 2.65. The van der Waals surface area contributed by atoms with Crippen LogP contribution in [-0.4, -0.2) is 5.54 Å². The Morgan fingerprint density at radius 1 is 1.18 bits per heavy atom. The molecule has 0 heterocycles. The van der Waals surface area contributed by atoms with Gasteiger partial charge in [-0.25, -0.2) is 4.39 Å². The molecule has 1 aliphatic rings. The van der Waals surface area contributed by atoms with Crippen LogP contribution in [0, 0.1) is 5.82 Å². The fourth-order valence-corrected chi connectivity index (χ4v) is 3.14. The molecular formula is C14H19BrFN. The van der Waals surface area contributed by atoms with E-state index in [4.69, 9.17) is 5.73 Å². The normalized spacial score (nSPS) is 19.9. The van der Waals surface area contributed by atoms with Crippen molar-refractivity contribution in [3.05, 3.63) is 34.1 Å². The molecule has 3 heteroatoms. The standard InChI is InChI=1S/C14H19BrFN/c15-13-9-12(16)6-5-11(13)10-14(17)7-3-1-2-4-8-14/h5-6,9H,1-4,7-8,10,17H2. The van der Waals surface area contributed by atoms with Crippen LogP contribution in [0.25, 0.3) is 0 Å². The summed E-state index contributed by atoms with van der Waals surface area (Å²) in [6.45, 7) is 0. The highest BCUT2D eigenvalue weighted by atomic mass is 79.9. The zero-order valence-electron chi connectivity index (χ0n) is 10.0. The van der Waals surface area contributed by atoms with Gasteiger partial charge >= 0.3 is 0 Å². The van der Waals surface area contributed by atoms with E-state index in [1.807, 2.05) is 6.07 Å². The Kier molecular flexibility index (Phi) is 4.21. The first-order valence-corrected chi connectivity index (χ1v) is 7.11. The first-order valence-electron chi connectivity index (χ1n) is 6.32. The van der Waals surface area contributed by atoms with Crippen LogP contribution >= 0.6 is 15.9 Å². The Hall–Kier alpha value is -0.410. The van der Waals surface area contributed by atoms with Crippen LogP contribution in [0.4, 0.5) is 4.39 Å². The molecule has 1 aromatic carbocycles. The molecule has 1 aliphatic carbocycles. The molecule has 17 heavy (non-hydrogen) atoms. The molecule has 2 N–H and O–H groups in total. The van der Waals surface area contributed by atoms with Gasteiger partial charge < -0.3 is 5.73 Å². The summed E-state index contributed by atoms with van der Waals surface area (Å²) in [7, 11) is 0. The van der Waals surface area contributed by atoms with Crippen LogP contribution in [-0.2, 0) is 6.42 Å². The molecular weight excluding hydrogens is 281 g/mol. The van der Waals surface area contributed by atoms with E-state index in [1.54, 1.807) is 0 Å². The van der Waals surface area contributed by atoms with Crippen LogP contribution in [0.2, 0.25) is 0 Å². The van der Waals surface area contributed by atoms with Gasteiger partial charge in [0.05, 0.1) is 0 Å². The number of rotatable bonds is 2. The van der Waals surface area contributed by atoms with E-state index >= 15 is 0 Å². The van der Waals surface area contributed by atoms with Crippen LogP contribution in [0.5, 0.6) is 0 Å². The highest BCUT2D eigenvalue weighted by Crippen LogP contribution is 2.30. The van der Waals surface area contributed by atoms with E-state index < -0.39 is 0 Å². The second kappa shape index (κ2) is 5.49. The molecule has 0 saturated heterocycles. The van der Waals surface area contributed by atoms with Crippen LogP contribution in [0.1, 0.15) is 44.1 Å². The summed E-state index contributed by atoms with van der Waals surface area (Å²) < 4.78 is 13.9. The quantitative estimate of drug-likeness (QED) is 0.815. The maximum Gasteiger partial charge on any atom is 0.124 e. The third-order valence-electron chi connectivity index (χ3n) is 3.66. The largest absolute Gasteiger partial charge is 0.325 e. The highest BCUT2D eigenvalue weighted by Gasteiger charge is 2.27. The van der Waals surface area contributed by atoms with E-state index in [1.165, 1.54) is 37.8 Å². The topological polar surface area (TPSA) is 26.0 Å². The Bertz CT molecular complexity index is 384. The molecule has 0 atom stereocenters. The number of halogens is 2. The van der Waals surface area contributed by atoms with E-state index in [9.17, 15) is 4.39 Å². The van der Waals surface area contributed by atoms with Gasteiger partial charge in [-0.3, -0.25) is 0 Å². The molecule has 2 rings (SSSR count). The second-order valence-electron chi connectivity index (χ2n) is 5.19. The molecule has 0 amide bonds. The molecule has 1 nitrogen and oxygen atoms in total. The van der Waals surface area contributed by atoms with Gasteiger partial charge in [-0.15, -0.1) is 0 Å². The van der Waals surface area contributed by atoms with Crippen molar-refractivity contribution in [1.82, 2.24) is 0 Å². The van der Waals surface area contributed by atoms with Crippen LogP contribution in [0.3, 0.4) is 0 Å². The lowest BCUT2D eigenvalue weighted by molar-refractivity contribution is 0.368. The maximum atomic E-state index is 13.0. The minimum absolute atomic E-state index is 0.100. The lowest BCUT2D eigenvalue weighted by Gasteiger charge is -2.28. The molecule has 0 bridgehead atoms. The van der Waals surface area contributed by atoms with Crippen LogP contribution in [0.15, 0.2) is 22.7 Å². The van der Waals surface area contributed by atoms with E-state index in [0.717, 1.165) is 29.3 Å². The minimum Gasteiger partial charge on any atom is -0.325 e. The number of benzene rings is 1. The summed E-state index contributed by atoms with van der Waals surface area (Å²) in [5.74, 6) is -0.201. The Morgan fingerprint density at radius 3 is 2.41 bits per heavy atom. The van der Waals surface area contributed by atoms with Crippen molar-refractivity contribution in [2.24, 2.45) is 5.73 Å². The zero-order chi connectivity index (χ0) is 12.3. The summed E-state index contributed by atoms with van der Waals surface area (Å²) >= 11 is 3.42. The van der Waals surface area contributed by atoms with Gasteiger partial charge in [0.25, 0.3) is 0 Å². The zero-order valence-corrected chi connectivity index (χ0v) is 11.6. The molecule has 0 aromatic heterocycles. The van der Waals surface area contributed by atoms with Crippen molar-refractivity contribution in [2.75, 3.05) is 0 Å². The summed E-state index contributed by atoms with van der Waals surface area (Å²) in [6, 6.07) is 4.88. The van der Waals surface area contributed by atoms with Crippen molar-refractivity contribution in [3.63, 3.8) is 0 Å². The lowest BCUT2D eigenvalue weighted by Crippen LogP contribution is -2.41. The minimum atomic E-state index is -0.201. The lowest BCUT2D eigenvalue weighted by atomic mass is 9.85. The van der Waals surface area contributed by atoms with Gasteiger partial charge in [-0.2, -0.15) is 0 Å². The first kappa shape index (κ1) is 13.0. The van der Waals surface area contributed by atoms with Gasteiger partial charge in [0.15, 0.2) is 0 Å². The summed E-state index contributed by atoms with van der Waals surface area (Å²) in [5.41, 5.74) is 7.50. The fraction of sp³-hybridized carbons (Fsp3) is 0.571. The summed E-state index contributed by atoms with van der Waals surface area (Å²) in [5, 5.41) is 0. The van der Waals surface area contributed by atoms with Crippen molar-refractivity contribution in [3.8, 4) is 0 Å². The molecule has 0 aliphatic heterocycles. The SMILES string of the molecule is NC1(Cc2ccc(F)cc2Br)CCCCCC1. The molecule has 94 valence electrons. The van der Waals surface area contributed by atoms with E-state index in [-0.39, 0.29) is 11.4 Å². The number of hydrogen-bond acceptors (Lipinski definition) is 1. The van der Waals surface area contributed by atoms with Gasteiger partial charge in [-0.1, -0.05) is 47.7 Å². The highest BCUT2D eigenvalue weighted by molar-refractivity contribution is 9.10. The van der Waals surface area contributed by atoms with E-state index in [2.05, 4.69) is 15.9 Å². The third-order valence-corrected chi connectivity index (χ3v) is 4.40. The predicted molar refractivity (Wildman–Crippen MR) is 72.4 cm³/mol. The predicted octanol–water partition coefficient (Wildman–Crippen LogP) is 4.18. The molecule has 0 spiro atoms. The molecule has 1 fully saturated rings. The third kappa shape index (κ3) is 3.52. The number of nitrogens with two attached hydrogens (primary N) is 1. The first-order chi connectivity index (χ1) is 8.09. The average Bonchev–Trinajstić information content (AvgIpc) is 2.48. The Balaban J connectivity index is 2.12. The van der Waals surface area contributed by atoms with Gasteiger partial charge in [0.2, 0.25) is 0 Å². The Labute approximate surface area is 111 Å². The van der Waals surface area contributed by atoms with Crippen LogP contribution < -0.4 is 5.73 Å². The van der Waals surface area contributed by atoms with Crippen molar-refractivity contribution < 1.29 is 4.39 Å². The molecule has 0 unspecified atom stereocenters. The van der Waals surface area contributed by atoms with Gasteiger partial charge in [-0.05, 0) is 37.0 Å². The number of hydrogen-bond donors (Lipinski definition) is 1. The van der Waals surface area contributed by atoms with Gasteiger partial charge in [0, 0.05) is 10.0 Å². The summed E-state index contributed by atoms with van der Waals surface area (Å²) in [4.78, 5) is 0. The monoisotopic (exact) mass is 299 g/mol. The average molecular weight is 300 g/mol. The second-order valence-corrected chi connectivity index (χ2v) is 6.04.